The van der Waals surface area contributed by atoms with Crippen LogP contribution in [0, 0.1) is 0 Å². The van der Waals surface area contributed by atoms with Gasteiger partial charge in [-0.2, -0.15) is 0 Å². The fraction of sp³-hybridized carbons (Fsp3) is 1.00. The van der Waals surface area contributed by atoms with Gasteiger partial charge in [0.15, 0.2) is 0 Å². The van der Waals surface area contributed by atoms with E-state index in [1.54, 1.807) is 21.3 Å². The van der Waals surface area contributed by atoms with Crippen molar-refractivity contribution in [1.29, 1.82) is 0 Å². The van der Waals surface area contributed by atoms with Crippen molar-refractivity contribution in [3.05, 3.63) is 0 Å². The summed E-state index contributed by atoms with van der Waals surface area (Å²) in [4.78, 5) is 2.18. The van der Waals surface area contributed by atoms with Crippen molar-refractivity contribution in [2.45, 2.75) is 36.9 Å². The van der Waals surface area contributed by atoms with E-state index in [-0.39, 0.29) is 44.7 Å². The molecule has 0 amide bonds. The molecule has 2 aliphatic rings. The third kappa shape index (κ3) is 4.15. The summed E-state index contributed by atoms with van der Waals surface area (Å²) in [6, 6.07) is -0.126. The topological polar surface area (TPSA) is 78.9 Å². The van der Waals surface area contributed by atoms with Gasteiger partial charge in [0.25, 0.3) is 0 Å². The van der Waals surface area contributed by atoms with E-state index >= 15 is 0 Å². The minimum Gasteiger partial charge on any atom is -0.391 e. The summed E-state index contributed by atoms with van der Waals surface area (Å²) in [5, 5.41) is 10.3. The highest BCUT2D eigenvalue weighted by molar-refractivity contribution is 5.03. The molecule has 8 nitrogen and oxygen atoms in total. The van der Waals surface area contributed by atoms with Crippen molar-refractivity contribution >= 4 is 0 Å². The van der Waals surface area contributed by atoms with Gasteiger partial charge in [0.1, 0.15) is 38.7 Å². The first kappa shape index (κ1) is 18.0. The smallest absolute Gasteiger partial charge is 0.146 e. The van der Waals surface area contributed by atoms with Crippen molar-refractivity contribution in [3.63, 3.8) is 0 Å². The second kappa shape index (κ2) is 9.09. The van der Waals surface area contributed by atoms with E-state index in [0.717, 1.165) is 6.54 Å². The summed E-state index contributed by atoms with van der Waals surface area (Å²) in [7, 11) is 4.71. The molecule has 2 saturated heterocycles. The molecule has 130 valence electrons. The molecule has 2 fully saturated rings. The Bertz CT molecular complexity index is 320. The molecule has 0 aromatic heterocycles. The lowest BCUT2D eigenvalue weighted by atomic mass is 9.92. The molecule has 0 spiro atoms. The van der Waals surface area contributed by atoms with Gasteiger partial charge in [-0.05, 0) is 6.42 Å². The fourth-order valence-corrected chi connectivity index (χ4v) is 3.23. The lowest BCUT2D eigenvalue weighted by Crippen LogP contribution is -2.63. The Hall–Kier alpha value is -0.320. The van der Waals surface area contributed by atoms with Gasteiger partial charge in [-0.1, -0.05) is 0 Å². The van der Waals surface area contributed by atoms with Crippen molar-refractivity contribution in [2.24, 2.45) is 0 Å². The van der Waals surface area contributed by atoms with Crippen LogP contribution in [0.4, 0.5) is 0 Å². The number of ether oxygens (including phenoxy) is 6. The standard InChI is InChI=1S/C14H27NO7/c1-17-7-20-11-6-15-5-4-10(16)12(15)14(22-9-19-3)13(11)21-8-18-2/h10-14,16H,4-9H2,1-3H3/t10-,11+,12-,13-,14-/m1/s1. The molecule has 0 aromatic rings. The van der Waals surface area contributed by atoms with Gasteiger partial charge in [-0.15, -0.1) is 0 Å². The van der Waals surface area contributed by atoms with Gasteiger partial charge in [0.2, 0.25) is 0 Å². The molecule has 2 aliphatic heterocycles. The molecule has 1 N–H and O–H groups in total. The summed E-state index contributed by atoms with van der Waals surface area (Å²) >= 11 is 0. The average Bonchev–Trinajstić information content (AvgIpc) is 2.89. The molecule has 0 aromatic carbocycles. The SMILES string of the molecule is COCO[C@H]1[C@H](OCOC)[C@@H](OCOC)CN2CC[C@@H](O)[C@H]12. The van der Waals surface area contributed by atoms with Crippen molar-refractivity contribution < 1.29 is 33.5 Å². The zero-order valence-corrected chi connectivity index (χ0v) is 13.5. The van der Waals surface area contributed by atoms with Crippen molar-refractivity contribution in [1.82, 2.24) is 4.90 Å². The molecule has 0 saturated carbocycles. The molecule has 8 heteroatoms. The van der Waals surface area contributed by atoms with E-state index in [1.165, 1.54) is 0 Å². The predicted octanol–water partition coefficient (Wildman–Crippen LogP) is -0.597. The Morgan fingerprint density at radius 2 is 1.50 bits per heavy atom. The predicted molar refractivity (Wildman–Crippen MR) is 76.2 cm³/mol. The molecule has 2 heterocycles. The summed E-state index contributed by atoms with van der Waals surface area (Å²) in [6.07, 6.45) is -0.675. The first-order valence-electron chi connectivity index (χ1n) is 7.46. The normalized spacial score (nSPS) is 35.7. The maximum Gasteiger partial charge on any atom is 0.146 e. The zero-order chi connectivity index (χ0) is 15.9. The summed E-state index contributed by atoms with van der Waals surface area (Å²) in [6.45, 7) is 1.91. The number of nitrogens with zero attached hydrogens (tertiary/aromatic N) is 1. The third-order valence-electron chi connectivity index (χ3n) is 4.13. The number of piperidine rings is 1. The molecule has 0 aliphatic carbocycles. The lowest BCUT2D eigenvalue weighted by molar-refractivity contribution is -0.244. The number of rotatable bonds is 9. The van der Waals surface area contributed by atoms with Gasteiger partial charge < -0.3 is 33.5 Å². The second-order valence-electron chi connectivity index (χ2n) is 5.53. The molecule has 5 atom stereocenters. The van der Waals surface area contributed by atoms with Gasteiger partial charge in [0, 0.05) is 34.4 Å². The van der Waals surface area contributed by atoms with E-state index in [4.69, 9.17) is 28.4 Å². The van der Waals surface area contributed by atoms with Crippen LogP contribution in [0.5, 0.6) is 0 Å². The minimum atomic E-state index is -0.445. The Balaban J connectivity index is 2.13. The third-order valence-corrected chi connectivity index (χ3v) is 4.13. The van der Waals surface area contributed by atoms with Gasteiger partial charge in [0.05, 0.1) is 12.1 Å². The van der Waals surface area contributed by atoms with Crippen LogP contribution in [-0.2, 0) is 28.4 Å². The van der Waals surface area contributed by atoms with E-state index in [0.29, 0.717) is 13.0 Å². The van der Waals surface area contributed by atoms with Crippen LogP contribution in [0.15, 0.2) is 0 Å². The fourth-order valence-electron chi connectivity index (χ4n) is 3.23. The Morgan fingerprint density at radius 1 is 0.909 bits per heavy atom. The van der Waals surface area contributed by atoms with Crippen LogP contribution in [0.1, 0.15) is 6.42 Å². The number of methoxy groups -OCH3 is 3. The summed E-state index contributed by atoms with van der Waals surface area (Å²) in [5.74, 6) is 0. The number of aliphatic hydroxyl groups is 1. The quantitative estimate of drug-likeness (QED) is 0.564. The van der Waals surface area contributed by atoms with Crippen LogP contribution in [0.3, 0.4) is 0 Å². The number of hydrogen-bond acceptors (Lipinski definition) is 8. The zero-order valence-electron chi connectivity index (χ0n) is 13.5. The Kier molecular flexibility index (Phi) is 7.45. The van der Waals surface area contributed by atoms with Gasteiger partial charge in [-0.3, -0.25) is 4.90 Å². The Labute approximate surface area is 131 Å². The number of fused-ring (bicyclic) bond motifs is 1. The monoisotopic (exact) mass is 321 g/mol. The molecule has 2 rings (SSSR count). The summed E-state index contributed by atoms with van der Waals surface area (Å²) in [5.41, 5.74) is 0. The highest BCUT2D eigenvalue weighted by Crippen LogP contribution is 2.32. The van der Waals surface area contributed by atoms with Crippen LogP contribution in [0.2, 0.25) is 0 Å². The van der Waals surface area contributed by atoms with Gasteiger partial charge in [-0.25, -0.2) is 0 Å². The second-order valence-corrected chi connectivity index (χ2v) is 5.53. The van der Waals surface area contributed by atoms with E-state index in [9.17, 15) is 5.11 Å². The van der Waals surface area contributed by atoms with Crippen molar-refractivity contribution in [2.75, 3.05) is 54.8 Å². The number of aliphatic hydroxyl groups excluding tert-OH is 1. The van der Waals surface area contributed by atoms with Crippen LogP contribution >= 0.6 is 0 Å². The summed E-state index contributed by atoms with van der Waals surface area (Å²) < 4.78 is 32.4. The van der Waals surface area contributed by atoms with E-state index < -0.39 is 6.10 Å². The maximum atomic E-state index is 10.3. The van der Waals surface area contributed by atoms with Crippen LogP contribution in [-0.4, -0.2) is 95.3 Å². The lowest BCUT2D eigenvalue weighted by Gasteiger charge is -2.46. The van der Waals surface area contributed by atoms with Crippen LogP contribution < -0.4 is 0 Å². The molecular formula is C14H27NO7. The van der Waals surface area contributed by atoms with Crippen LogP contribution in [0.25, 0.3) is 0 Å². The Morgan fingerprint density at radius 3 is 2.14 bits per heavy atom. The minimum absolute atomic E-state index is 0.126. The first-order chi connectivity index (χ1) is 10.7. The highest BCUT2D eigenvalue weighted by atomic mass is 16.7. The largest absolute Gasteiger partial charge is 0.391 e. The van der Waals surface area contributed by atoms with E-state index in [1.807, 2.05) is 0 Å². The molecule has 22 heavy (non-hydrogen) atoms. The molecule has 0 bridgehead atoms. The highest BCUT2D eigenvalue weighted by Gasteiger charge is 2.51. The molecular weight excluding hydrogens is 294 g/mol. The van der Waals surface area contributed by atoms with Gasteiger partial charge >= 0.3 is 0 Å². The first-order valence-corrected chi connectivity index (χ1v) is 7.46. The average molecular weight is 321 g/mol. The maximum absolute atomic E-state index is 10.3. The van der Waals surface area contributed by atoms with Crippen molar-refractivity contribution in [3.8, 4) is 0 Å². The number of hydrogen-bond donors (Lipinski definition) is 1. The molecule has 0 unspecified atom stereocenters. The van der Waals surface area contributed by atoms with E-state index in [2.05, 4.69) is 4.90 Å². The molecule has 0 radical (unpaired) electrons.